The maximum absolute atomic E-state index is 12.6. The van der Waals surface area contributed by atoms with E-state index in [4.69, 9.17) is 16.6 Å². The maximum Gasteiger partial charge on any atom is 0.234 e. The van der Waals surface area contributed by atoms with Gasteiger partial charge in [-0.3, -0.25) is 9.79 Å². The molecule has 0 radical (unpaired) electrons. The largest absolute Gasteiger partial charge is 0.325 e. The highest BCUT2D eigenvalue weighted by Crippen LogP contribution is 2.36. The van der Waals surface area contributed by atoms with Crippen LogP contribution >= 0.6 is 23.4 Å². The predicted molar refractivity (Wildman–Crippen MR) is 129 cm³/mol. The fourth-order valence-electron chi connectivity index (χ4n) is 3.87. The zero-order chi connectivity index (χ0) is 22.3. The quantitative estimate of drug-likeness (QED) is 0.720. The van der Waals surface area contributed by atoms with Crippen LogP contribution in [0.5, 0.6) is 0 Å². The van der Waals surface area contributed by atoms with Gasteiger partial charge in [-0.15, -0.1) is 0 Å². The highest BCUT2D eigenvalue weighted by molar-refractivity contribution is 8.14. The molecule has 1 saturated heterocycles. The minimum Gasteiger partial charge on any atom is -0.325 e. The first kappa shape index (κ1) is 22.2. The molecule has 0 aromatic heterocycles. The lowest BCUT2D eigenvalue weighted by Gasteiger charge is -2.27. The second kappa shape index (κ2) is 8.48. The van der Waals surface area contributed by atoms with E-state index in [0.29, 0.717) is 15.9 Å². The molecule has 4 rings (SSSR count). The number of amides is 1. The summed E-state index contributed by atoms with van der Waals surface area (Å²) in [5, 5.41) is 4.18. The molecule has 9 heteroatoms. The SMILES string of the molecule is Cc1ccc(N2C(SCC(=O)Nc3cccc(Cl)c3C)=N[C@@H]3CS(=O)(=O)C[C@H]32)cc1C. The second-order valence-corrected chi connectivity index (χ2v) is 11.5. The van der Waals surface area contributed by atoms with Gasteiger partial charge in [-0.2, -0.15) is 0 Å². The first-order valence-electron chi connectivity index (χ1n) is 9.97. The van der Waals surface area contributed by atoms with E-state index in [1.54, 1.807) is 12.1 Å². The van der Waals surface area contributed by atoms with E-state index < -0.39 is 9.84 Å². The standard InChI is InChI=1S/C22H24ClN3O3S2/c1-13-7-8-16(9-14(13)2)26-20-12-31(28,29)11-19(20)25-22(26)30-10-21(27)24-18-6-4-5-17(23)15(18)3/h4-9,19-20H,10-12H2,1-3H3,(H,24,27)/t19-,20-/m1/s1. The van der Waals surface area contributed by atoms with Crippen LogP contribution in [-0.2, 0) is 14.6 Å². The summed E-state index contributed by atoms with van der Waals surface area (Å²) in [5.41, 5.74) is 4.70. The summed E-state index contributed by atoms with van der Waals surface area (Å²) in [7, 11) is -3.12. The maximum atomic E-state index is 12.6. The molecule has 164 valence electrons. The Labute approximate surface area is 192 Å². The number of hydrogen-bond donors (Lipinski definition) is 1. The van der Waals surface area contributed by atoms with E-state index in [2.05, 4.69) is 5.32 Å². The van der Waals surface area contributed by atoms with Gasteiger partial charge >= 0.3 is 0 Å². The van der Waals surface area contributed by atoms with Crippen LogP contribution < -0.4 is 10.2 Å². The Morgan fingerprint density at radius 2 is 1.97 bits per heavy atom. The Hall–Kier alpha value is -2.03. The molecule has 0 spiro atoms. The summed E-state index contributed by atoms with van der Waals surface area (Å²) in [6.07, 6.45) is 0. The van der Waals surface area contributed by atoms with Gasteiger partial charge in [-0.05, 0) is 61.7 Å². The Kier molecular flexibility index (Phi) is 6.07. The van der Waals surface area contributed by atoms with Crippen LogP contribution in [0, 0.1) is 20.8 Å². The predicted octanol–water partition coefficient (Wildman–Crippen LogP) is 3.98. The van der Waals surface area contributed by atoms with Crippen molar-refractivity contribution in [1.29, 1.82) is 0 Å². The Morgan fingerprint density at radius 1 is 1.19 bits per heavy atom. The summed E-state index contributed by atoms with van der Waals surface area (Å²) < 4.78 is 24.4. The number of aryl methyl sites for hydroxylation is 2. The van der Waals surface area contributed by atoms with Crippen molar-refractivity contribution in [2.45, 2.75) is 32.9 Å². The van der Waals surface area contributed by atoms with Gasteiger partial charge in [0.1, 0.15) is 0 Å². The summed E-state index contributed by atoms with van der Waals surface area (Å²) in [5.74, 6) is 0.129. The van der Waals surface area contributed by atoms with Gasteiger partial charge < -0.3 is 10.2 Å². The molecule has 1 fully saturated rings. The molecule has 0 aliphatic carbocycles. The Bertz CT molecular complexity index is 1180. The van der Waals surface area contributed by atoms with Crippen molar-refractivity contribution in [2.24, 2.45) is 4.99 Å². The van der Waals surface area contributed by atoms with Gasteiger partial charge in [0.15, 0.2) is 15.0 Å². The number of sulfone groups is 1. The molecule has 6 nitrogen and oxygen atoms in total. The van der Waals surface area contributed by atoms with E-state index in [1.165, 1.54) is 17.3 Å². The third-order valence-electron chi connectivity index (χ3n) is 5.75. The van der Waals surface area contributed by atoms with Gasteiger partial charge in [0.2, 0.25) is 5.91 Å². The molecule has 0 bridgehead atoms. The van der Waals surface area contributed by atoms with E-state index in [0.717, 1.165) is 16.8 Å². The van der Waals surface area contributed by atoms with Crippen molar-refractivity contribution < 1.29 is 13.2 Å². The van der Waals surface area contributed by atoms with Crippen molar-refractivity contribution in [3.63, 3.8) is 0 Å². The highest BCUT2D eigenvalue weighted by Gasteiger charge is 2.47. The van der Waals surface area contributed by atoms with Crippen molar-refractivity contribution in [3.05, 3.63) is 58.1 Å². The number of anilines is 2. The molecule has 0 saturated carbocycles. The number of amidine groups is 1. The van der Waals surface area contributed by atoms with E-state index in [-0.39, 0.29) is 35.2 Å². The normalized spacial score (nSPS) is 21.7. The summed E-state index contributed by atoms with van der Waals surface area (Å²) in [6, 6.07) is 10.9. The summed E-state index contributed by atoms with van der Waals surface area (Å²) in [4.78, 5) is 19.3. The Morgan fingerprint density at radius 3 is 2.71 bits per heavy atom. The lowest BCUT2D eigenvalue weighted by Crippen LogP contribution is -2.39. The number of thioether (sulfide) groups is 1. The number of halogens is 1. The van der Waals surface area contributed by atoms with E-state index >= 15 is 0 Å². The minimum absolute atomic E-state index is 0.0526. The topological polar surface area (TPSA) is 78.8 Å². The molecule has 2 aromatic rings. The zero-order valence-electron chi connectivity index (χ0n) is 17.6. The molecule has 2 aliphatic heterocycles. The van der Waals surface area contributed by atoms with Gasteiger partial charge in [-0.25, -0.2) is 8.42 Å². The minimum atomic E-state index is -3.12. The van der Waals surface area contributed by atoms with Crippen LogP contribution in [-0.4, -0.2) is 48.8 Å². The van der Waals surface area contributed by atoms with Crippen molar-refractivity contribution in [1.82, 2.24) is 0 Å². The van der Waals surface area contributed by atoms with Gasteiger partial charge in [0, 0.05) is 16.4 Å². The summed E-state index contributed by atoms with van der Waals surface area (Å²) in [6.45, 7) is 5.93. The fourth-order valence-corrected chi connectivity index (χ4v) is 6.81. The number of aliphatic imine (C=N–C) groups is 1. The molecular weight excluding hydrogens is 454 g/mol. The first-order valence-corrected chi connectivity index (χ1v) is 13.2. The van der Waals surface area contributed by atoms with Crippen LogP contribution in [0.2, 0.25) is 5.02 Å². The van der Waals surface area contributed by atoms with Crippen LogP contribution in [0.3, 0.4) is 0 Å². The zero-order valence-corrected chi connectivity index (χ0v) is 19.9. The average Bonchev–Trinajstić information content (AvgIpc) is 3.17. The lowest BCUT2D eigenvalue weighted by atomic mass is 10.1. The van der Waals surface area contributed by atoms with Crippen LogP contribution in [0.4, 0.5) is 11.4 Å². The molecule has 1 amide bonds. The van der Waals surface area contributed by atoms with Gasteiger partial charge in [0.05, 0.1) is 29.3 Å². The molecule has 31 heavy (non-hydrogen) atoms. The number of carbonyl (C=O) groups excluding carboxylic acids is 1. The Balaban J connectivity index is 1.53. The molecular formula is C22H24ClN3O3S2. The van der Waals surface area contributed by atoms with Crippen LogP contribution in [0.25, 0.3) is 0 Å². The number of fused-ring (bicyclic) bond motifs is 1. The van der Waals surface area contributed by atoms with Crippen molar-refractivity contribution in [3.8, 4) is 0 Å². The summed E-state index contributed by atoms with van der Waals surface area (Å²) >= 11 is 7.46. The molecule has 1 N–H and O–H groups in total. The van der Waals surface area contributed by atoms with Gasteiger partial charge in [0.25, 0.3) is 0 Å². The first-order chi connectivity index (χ1) is 14.6. The fraction of sp³-hybridized carbons (Fsp3) is 0.364. The third-order valence-corrected chi connectivity index (χ3v) is 8.83. The monoisotopic (exact) mass is 477 g/mol. The van der Waals surface area contributed by atoms with Gasteiger partial charge in [-0.1, -0.05) is 35.5 Å². The van der Waals surface area contributed by atoms with E-state index in [9.17, 15) is 13.2 Å². The number of rotatable bonds is 4. The molecule has 2 aliphatic rings. The third kappa shape index (κ3) is 4.61. The smallest absolute Gasteiger partial charge is 0.234 e. The molecule has 2 heterocycles. The van der Waals surface area contributed by atoms with Crippen LogP contribution in [0.1, 0.15) is 16.7 Å². The highest BCUT2D eigenvalue weighted by atomic mass is 35.5. The number of carbonyl (C=O) groups is 1. The average molecular weight is 478 g/mol. The lowest BCUT2D eigenvalue weighted by molar-refractivity contribution is -0.113. The molecule has 2 atom stereocenters. The number of nitrogens with zero attached hydrogens (tertiary/aromatic N) is 2. The number of hydrogen-bond acceptors (Lipinski definition) is 6. The number of benzene rings is 2. The molecule has 2 aromatic carbocycles. The van der Waals surface area contributed by atoms with Crippen LogP contribution in [0.15, 0.2) is 41.4 Å². The van der Waals surface area contributed by atoms with Crippen molar-refractivity contribution in [2.75, 3.05) is 27.5 Å². The van der Waals surface area contributed by atoms with E-state index in [1.807, 2.05) is 49.9 Å². The molecule has 0 unspecified atom stereocenters. The van der Waals surface area contributed by atoms with Crippen molar-refractivity contribution >= 4 is 55.6 Å². The number of nitrogens with one attached hydrogen (secondary N) is 1. The second-order valence-electron chi connectivity index (χ2n) is 8.01.